The van der Waals surface area contributed by atoms with Gasteiger partial charge in [0.05, 0.1) is 18.3 Å². The average Bonchev–Trinajstić information content (AvgIpc) is 3.55. The van der Waals surface area contributed by atoms with Crippen LogP contribution in [-0.4, -0.2) is 56.1 Å². The van der Waals surface area contributed by atoms with Crippen molar-refractivity contribution >= 4 is 45.5 Å². The molecule has 5 rings (SSSR count). The Morgan fingerprint density at radius 1 is 1.05 bits per heavy atom. The largest absolute Gasteiger partial charge is 0.494 e. The molecular weight excluding hydrogens is 546 g/mol. The Morgan fingerprint density at radius 2 is 1.81 bits per heavy atom. The summed E-state index contributed by atoms with van der Waals surface area (Å²) in [7, 11) is 3.28. The van der Waals surface area contributed by atoms with Gasteiger partial charge in [0.1, 0.15) is 17.0 Å². The quantitative estimate of drug-likeness (QED) is 0.235. The van der Waals surface area contributed by atoms with Gasteiger partial charge in [-0.05, 0) is 60.9 Å². The zero-order valence-corrected chi connectivity index (χ0v) is 24.8. The number of fused-ring (bicyclic) bond motifs is 2. The molecule has 2 heterocycles. The van der Waals surface area contributed by atoms with Crippen molar-refractivity contribution in [2.75, 3.05) is 19.5 Å². The molecule has 0 aliphatic heterocycles. The Balaban J connectivity index is 1.37. The number of hydrogen-bond acceptors (Lipinski definition) is 6. The lowest BCUT2D eigenvalue weighted by Gasteiger charge is -2.18. The summed E-state index contributed by atoms with van der Waals surface area (Å²) < 4.78 is 9.01. The molecule has 0 bridgehead atoms. The minimum Gasteiger partial charge on any atom is -0.494 e. The van der Waals surface area contributed by atoms with E-state index in [1.807, 2.05) is 32.0 Å². The lowest BCUT2D eigenvalue weighted by atomic mass is 10.1. The first-order chi connectivity index (χ1) is 20.7. The van der Waals surface area contributed by atoms with Crippen LogP contribution in [0.2, 0.25) is 0 Å². The number of methoxy groups -OCH3 is 1. The molecule has 3 N–H and O–H groups in total. The average molecular weight is 582 g/mol. The summed E-state index contributed by atoms with van der Waals surface area (Å²) in [5.74, 6) is -0.359. The first-order valence-electron chi connectivity index (χ1n) is 14.1. The number of hydrogen-bond donors (Lipinski definition) is 2. The highest BCUT2D eigenvalue weighted by Crippen LogP contribution is 2.31. The Kier molecular flexibility index (Phi) is 8.42. The van der Waals surface area contributed by atoms with Crippen molar-refractivity contribution in [1.82, 2.24) is 24.2 Å². The molecule has 11 heteroatoms. The van der Waals surface area contributed by atoms with Crippen LogP contribution in [0.1, 0.15) is 51.9 Å². The molecule has 43 heavy (non-hydrogen) atoms. The van der Waals surface area contributed by atoms with E-state index in [1.165, 1.54) is 7.11 Å². The first kappa shape index (κ1) is 29.3. The monoisotopic (exact) mass is 581 g/mol. The number of amides is 3. The Labute approximate surface area is 249 Å². The number of benzene rings is 3. The highest BCUT2D eigenvalue weighted by atomic mass is 16.5. The number of ether oxygens (including phenoxy) is 1. The molecule has 0 saturated carbocycles. The number of carbonyl (C=O) groups is 3. The van der Waals surface area contributed by atoms with E-state index in [4.69, 9.17) is 10.5 Å². The fourth-order valence-electron chi connectivity index (χ4n) is 5.25. The summed E-state index contributed by atoms with van der Waals surface area (Å²) in [5, 5.41) is 9.55. The molecule has 0 unspecified atom stereocenters. The van der Waals surface area contributed by atoms with Crippen molar-refractivity contribution in [3.8, 4) is 5.75 Å². The van der Waals surface area contributed by atoms with Crippen LogP contribution >= 0.6 is 0 Å². The Morgan fingerprint density at radius 3 is 2.53 bits per heavy atom. The van der Waals surface area contributed by atoms with Gasteiger partial charge in [-0.1, -0.05) is 36.4 Å². The second-order valence-corrected chi connectivity index (χ2v) is 10.5. The fraction of sp³-hybridized carbons (Fsp3) is 0.281. The lowest BCUT2D eigenvalue weighted by Crippen LogP contribution is -2.26. The van der Waals surface area contributed by atoms with Crippen molar-refractivity contribution in [2.45, 2.75) is 46.3 Å². The number of aryl methyl sites for hydroxylation is 3. The number of primary amides is 1. The summed E-state index contributed by atoms with van der Waals surface area (Å²) in [4.78, 5) is 44.7. The van der Waals surface area contributed by atoms with Crippen LogP contribution < -0.4 is 15.8 Å². The molecule has 5 aromatic rings. The lowest BCUT2D eigenvalue weighted by molar-refractivity contribution is -0.130. The maximum atomic E-state index is 13.3. The molecule has 0 radical (unpaired) electrons. The van der Waals surface area contributed by atoms with Gasteiger partial charge < -0.3 is 19.9 Å². The minimum absolute atomic E-state index is 0.00605. The molecule has 0 spiro atoms. The van der Waals surface area contributed by atoms with E-state index in [-0.39, 0.29) is 29.7 Å². The summed E-state index contributed by atoms with van der Waals surface area (Å²) in [6.07, 6.45) is 0.753. The second-order valence-electron chi connectivity index (χ2n) is 10.5. The minimum atomic E-state index is -0.622. The normalized spacial score (nSPS) is 11.2. The number of imidazole rings is 1. The number of anilines is 1. The van der Waals surface area contributed by atoms with Crippen molar-refractivity contribution in [1.29, 1.82) is 0 Å². The van der Waals surface area contributed by atoms with Crippen LogP contribution in [0.4, 0.5) is 5.95 Å². The Hall–Kier alpha value is -5.19. The van der Waals surface area contributed by atoms with Crippen molar-refractivity contribution in [2.24, 2.45) is 5.73 Å². The molecule has 222 valence electrons. The molecule has 0 aliphatic rings. The third kappa shape index (κ3) is 6.20. The predicted molar refractivity (Wildman–Crippen MR) is 165 cm³/mol. The summed E-state index contributed by atoms with van der Waals surface area (Å²) in [6, 6.07) is 19.2. The molecule has 3 aromatic carbocycles. The van der Waals surface area contributed by atoms with Crippen LogP contribution in [0.5, 0.6) is 5.75 Å². The van der Waals surface area contributed by atoms with Crippen molar-refractivity contribution in [3.05, 3.63) is 83.2 Å². The third-order valence-corrected chi connectivity index (χ3v) is 7.40. The van der Waals surface area contributed by atoms with E-state index in [9.17, 15) is 14.4 Å². The molecule has 0 saturated heterocycles. The van der Waals surface area contributed by atoms with Gasteiger partial charge in [-0.2, -0.15) is 5.10 Å². The van der Waals surface area contributed by atoms with Gasteiger partial charge in [0, 0.05) is 38.7 Å². The number of rotatable bonds is 11. The van der Waals surface area contributed by atoms with E-state index >= 15 is 0 Å². The van der Waals surface area contributed by atoms with E-state index in [1.54, 1.807) is 39.4 Å². The smallest absolute Gasteiger partial charge is 0.276 e. The second kappa shape index (κ2) is 12.4. The number of aromatic nitrogens is 4. The van der Waals surface area contributed by atoms with Gasteiger partial charge in [-0.25, -0.2) is 4.98 Å². The van der Waals surface area contributed by atoms with Gasteiger partial charge in [0.15, 0.2) is 0 Å². The first-order valence-corrected chi connectivity index (χ1v) is 14.1. The van der Waals surface area contributed by atoms with Crippen LogP contribution in [0.3, 0.4) is 0 Å². The van der Waals surface area contributed by atoms with Crippen molar-refractivity contribution in [3.63, 3.8) is 0 Å². The molecular formula is C32H35N7O4. The standard InChI is InChI=1S/C32H35N7O4/c1-5-39-26(15-20(2)36-39)31(42)35-32-34-25-17-24(30(33)41)18-27(43-4)29(25)38(32)14-8-11-28(40)37(3)19-21-12-13-22-9-6-7-10-23(22)16-21/h6-7,9-10,12-13,15-18H,5,8,11,14,19H2,1-4H3,(H2,33,41)(H,34,35,42). The zero-order chi connectivity index (χ0) is 30.7. The molecule has 2 aromatic heterocycles. The van der Waals surface area contributed by atoms with E-state index < -0.39 is 5.91 Å². The highest BCUT2D eigenvalue weighted by molar-refractivity contribution is 6.04. The molecule has 11 nitrogen and oxygen atoms in total. The summed E-state index contributed by atoms with van der Waals surface area (Å²) in [5.41, 5.74) is 8.96. The molecule has 0 aliphatic carbocycles. The van der Waals surface area contributed by atoms with Gasteiger partial charge in [-0.3, -0.25) is 24.4 Å². The highest BCUT2D eigenvalue weighted by Gasteiger charge is 2.22. The molecule has 3 amide bonds. The van der Waals surface area contributed by atoms with E-state index in [2.05, 4.69) is 39.7 Å². The number of nitrogens with zero attached hydrogens (tertiary/aromatic N) is 5. The maximum Gasteiger partial charge on any atom is 0.276 e. The Bertz CT molecular complexity index is 1840. The van der Waals surface area contributed by atoms with Crippen LogP contribution in [0, 0.1) is 6.92 Å². The molecule has 0 atom stereocenters. The topological polar surface area (TPSA) is 137 Å². The third-order valence-electron chi connectivity index (χ3n) is 7.40. The zero-order valence-electron chi connectivity index (χ0n) is 24.8. The fourth-order valence-corrected chi connectivity index (χ4v) is 5.25. The number of carbonyl (C=O) groups excluding carboxylic acids is 3. The number of nitrogens with one attached hydrogen (secondary N) is 1. The summed E-state index contributed by atoms with van der Waals surface area (Å²) in [6.45, 7) is 5.11. The predicted octanol–water partition coefficient (Wildman–Crippen LogP) is 4.51. The van der Waals surface area contributed by atoms with Crippen LogP contribution in [0.15, 0.2) is 60.7 Å². The maximum absolute atomic E-state index is 13.3. The van der Waals surface area contributed by atoms with Gasteiger partial charge in [0.2, 0.25) is 17.8 Å². The molecule has 0 fully saturated rings. The van der Waals surface area contributed by atoms with E-state index in [0.717, 1.165) is 22.0 Å². The number of nitrogens with two attached hydrogens (primary N) is 1. The van der Waals surface area contributed by atoms with Gasteiger partial charge >= 0.3 is 0 Å². The van der Waals surface area contributed by atoms with E-state index in [0.29, 0.717) is 48.5 Å². The van der Waals surface area contributed by atoms with Gasteiger partial charge in [0.25, 0.3) is 5.91 Å². The van der Waals surface area contributed by atoms with Crippen molar-refractivity contribution < 1.29 is 19.1 Å². The van der Waals surface area contributed by atoms with Crippen LogP contribution in [0.25, 0.3) is 21.8 Å². The van der Waals surface area contributed by atoms with Gasteiger partial charge in [-0.15, -0.1) is 0 Å². The summed E-state index contributed by atoms with van der Waals surface area (Å²) >= 11 is 0. The van der Waals surface area contributed by atoms with Crippen LogP contribution in [-0.2, 0) is 24.4 Å². The SMILES string of the molecule is CCn1nc(C)cc1C(=O)Nc1nc2cc(C(N)=O)cc(OC)c2n1CCCC(=O)N(C)Cc1ccc2ccccc2c1.